The Kier molecular flexibility index (Phi) is 8.47. The van der Waals surface area contributed by atoms with Crippen molar-refractivity contribution in [2.75, 3.05) is 11.9 Å². The van der Waals surface area contributed by atoms with Crippen LogP contribution >= 0.6 is 24.8 Å². The number of benzene rings is 1. The van der Waals surface area contributed by atoms with Gasteiger partial charge < -0.3 is 16.8 Å². The van der Waals surface area contributed by atoms with Crippen LogP contribution < -0.4 is 16.8 Å². The van der Waals surface area contributed by atoms with Crippen LogP contribution in [0.15, 0.2) is 24.3 Å². The molecule has 0 fully saturated rings. The molecule has 5 N–H and O–H groups in total. The molecule has 1 rings (SSSR count). The fourth-order valence-corrected chi connectivity index (χ4v) is 0.930. The third-order valence-corrected chi connectivity index (χ3v) is 1.64. The highest BCUT2D eigenvalue weighted by Gasteiger charge is 2.01. The molecular formula is C9H13Cl2N3O2. The predicted octanol–water partition coefficient (Wildman–Crippen LogP) is 0.526. The minimum absolute atomic E-state index is 0. The fraction of sp³-hybridized carbons (Fsp3) is 0.111. The Morgan fingerprint density at radius 1 is 1.12 bits per heavy atom. The maximum absolute atomic E-state index is 10.9. The van der Waals surface area contributed by atoms with Crippen LogP contribution in [0.25, 0.3) is 0 Å². The zero-order chi connectivity index (χ0) is 10.6. The topological polar surface area (TPSA) is 98.2 Å². The first-order chi connectivity index (χ1) is 6.63. The standard InChI is InChI=1S/C9H11N3O2.2ClH/c10-5-8(13)12-7-3-1-6(2-4-7)9(11)14;;/h1-4H,5,10H2,(H2,11,14)(H,12,13);2*1H. The zero-order valence-electron chi connectivity index (χ0n) is 8.30. The lowest BCUT2D eigenvalue weighted by Gasteiger charge is -2.03. The van der Waals surface area contributed by atoms with Gasteiger partial charge in [0.15, 0.2) is 0 Å². The Morgan fingerprint density at radius 3 is 2.00 bits per heavy atom. The van der Waals surface area contributed by atoms with Crippen molar-refractivity contribution in [1.82, 2.24) is 0 Å². The Morgan fingerprint density at radius 2 is 1.62 bits per heavy atom. The predicted molar refractivity (Wildman–Crippen MR) is 67.1 cm³/mol. The van der Waals surface area contributed by atoms with E-state index < -0.39 is 5.91 Å². The molecule has 0 bridgehead atoms. The summed E-state index contributed by atoms with van der Waals surface area (Å²) in [7, 11) is 0. The highest BCUT2D eigenvalue weighted by atomic mass is 35.5. The minimum Gasteiger partial charge on any atom is -0.366 e. The molecule has 0 aliphatic heterocycles. The molecule has 0 spiro atoms. The van der Waals surface area contributed by atoms with Crippen LogP contribution in [0.1, 0.15) is 10.4 Å². The maximum atomic E-state index is 10.9. The number of carbonyl (C=O) groups is 2. The van der Waals surface area contributed by atoms with Crippen LogP contribution in [-0.4, -0.2) is 18.4 Å². The van der Waals surface area contributed by atoms with E-state index in [0.717, 1.165) is 0 Å². The molecule has 2 amide bonds. The number of halogens is 2. The number of anilines is 1. The van der Waals surface area contributed by atoms with Crippen molar-refractivity contribution >= 4 is 42.3 Å². The molecule has 5 nitrogen and oxygen atoms in total. The number of nitrogens with two attached hydrogens (primary N) is 2. The SMILES string of the molecule is Cl.Cl.NCC(=O)Nc1ccc(C(N)=O)cc1. The number of hydrogen-bond acceptors (Lipinski definition) is 3. The monoisotopic (exact) mass is 265 g/mol. The highest BCUT2D eigenvalue weighted by Crippen LogP contribution is 2.08. The number of primary amides is 1. The van der Waals surface area contributed by atoms with E-state index in [2.05, 4.69) is 5.32 Å². The quantitative estimate of drug-likeness (QED) is 0.744. The van der Waals surface area contributed by atoms with E-state index in [0.29, 0.717) is 11.3 Å². The summed E-state index contributed by atoms with van der Waals surface area (Å²) in [6, 6.07) is 6.25. The van der Waals surface area contributed by atoms with Crippen molar-refractivity contribution in [2.24, 2.45) is 11.5 Å². The Bertz CT molecular complexity index is 354. The average Bonchev–Trinajstić information content (AvgIpc) is 2.18. The highest BCUT2D eigenvalue weighted by molar-refractivity contribution is 5.95. The molecule has 0 aliphatic carbocycles. The lowest BCUT2D eigenvalue weighted by molar-refractivity contribution is -0.114. The largest absolute Gasteiger partial charge is 0.366 e. The molecule has 7 heteroatoms. The van der Waals surface area contributed by atoms with Crippen LogP contribution in [0.4, 0.5) is 5.69 Å². The second-order valence-corrected chi connectivity index (χ2v) is 2.69. The van der Waals surface area contributed by atoms with E-state index in [1.54, 1.807) is 12.1 Å². The van der Waals surface area contributed by atoms with Gasteiger partial charge in [-0.15, -0.1) is 24.8 Å². The van der Waals surface area contributed by atoms with Crippen molar-refractivity contribution in [3.05, 3.63) is 29.8 Å². The first-order valence-corrected chi connectivity index (χ1v) is 4.03. The summed E-state index contributed by atoms with van der Waals surface area (Å²) in [6.45, 7) is -0.0719. The molecule has 16 heavy (non-hydrogen) atoms. The van der Waals surface area contributed by atoms with Gasteiger partial charge in [-0.2, -0.15) is 0 Å². The molecule has 0 atom stereocenters. The third kappa shape index (κ3) is 4.97. The van der Waals surface area contributed by atoms with Gasteiger partial charge in [0.05, 0.1) is 6.54 Å². The van der Waals surface area contributed by atoms with E-state index in [1.165, 1.54) is 12.1 Å². The zero-order valence-corrected chi connectivity index (χ0v) is 9.94. The van der Waals surface area contributed by atoms with Gasteiger partial charge in [0.25, 0.3) is 0 Å². The van der Waals surface area contributed by atoms with Crippen molar-refractivity contribution < 1.29 is 9.59 Å². The number of carbonyl (C=O) groups excluding carboxylic acids is 2. The smallest absolute Gasteiger partial charge is 0.248 e. The van der Waals surface area contributed by atoms with Crippen LogP contribution in [-0.2, 0) is 4.79 Å². The first-order valence-electron chi connectivity index (χ1n) is 4.03. The van der Waals surface area contributed by atoms with Gasteiger partial charge in [-0.1, -0.05) is 0 Å². The van der Waals surface area contributed by atoms with Gasteiger partial charge in [-0.05, 0) is 24.3 Å². The van der Waals surface area contributed by atoms with Crippen LogP contribution in [0, 0.1) is 0 Å². The van der Waals surface area contributed by atoms with Crippen molar-refractivity contribution in [3.8, 4) is 0 Å². The number of rotatable bonds is 3. The molecule has 1 aromatic carbocycles. The van der Waals surface area contributed by atoms with Gasteiger partial charge in [0.1, 0.15) is 0 Å². The van der Waals surface area contributed by atoms with E-state index >= 15 is 0 Å². The van der Waals surface area contributed by atoms with E-state index in [9.17, 15) is 9.59 Å². The summed E-state index contributed by atoms with van der Waals surface area (Å²) in [5.41, 5.74) is 11.1. The Balaban J connectivity index is 0. The average molecular weight is 266 g/mol. The van der Waals surface area contributed by atoms with Gasteiger partial charge in [0, 0.05) is 11.3 Å². The van der Waals surface area contributed by atoms with Gasteiger partial charge >= 0.3 is 0 Å². The van der Waals surface area contributed by atoms with Gasteiger partial charge in [-0.3, -0.25) is 9.59 Å². The summed E-state index contributed by atoms with van der Waals surface area (Å²) in [5.74, 6) is -0.779. The summed E-state index contributed by atoms with van der Waals surface area (Å²) in [6.07, 6.45) is 0. The molecule has 0 radical (unpaired) electrons. The van der Waals surface area contributed by atoms with E-state index in [4.69, 9.17) is 11.5 Å². The molecule has 90 valence electrons. The lowest BCUT2D eigenvalue weighted by Crippen LogP contribution is -2.21. The van der Waals surface area contributed by atoms with E-state index in [1.807, 2.05) is 0 Å². The first kappa shape index (κ1) is 17.1. The van der Waals surface area contributed by atoms with Gasteiger partial charge in [-0.25, -0.2) is 0 Å². The number of hydrogen-bond donors (Lipinski definition) is 3. The third-order valence-electron chi connectivity index (χ3n) is 1.64. The van der Waals surface area contributed by atoms with Crippen LogP contribution in [0.2, 0.25) is 0 Å². The maximum Gasteiger partial charge on any atom is 0.248 e. The summed E-state index contributed by atoms with van der Waals surface area (Å²) in [4.78, 5) is 21.6. The number of nitrogens with one attached hydrogen (secondary N) is 1. The lowest BCUT2D eigenvalue weighted by atomic mass is 10.2. The van der Waals surface area contributed by atoms with Crippen LogP contribution in [0.3, 0.4) is 0 Å². The second kappa shape index (κ2) is 7.92. The van der Waals surface area contributed by atoms with Crippen molar-refractivity contribution in [3.63, 3.8) is 0 Å². The van der Waals surface area contributed by atoms with Crippen LogP contribution in [0.5, 0.6) is 0 Å². The molecule has 0 aliphatic rings. The fourth-order valence-electron chi connectivity index (χ4n) is 0.930. The molecule has 0 heterocycles. The molecular weight excluding hydrogens is 253 g/mol. The van der Waals surface area contributed by atoms with Crippen molar-refractivity contribution in [2.45, 2.75) is 0 Å². The molecule has 1 aromatic rings. The summed E-state index contributed by atoms with van der Waals surface area (Å²) < 4.78 is 0. The molecule has 0 saturated carbocycles. The number of amides is 2. The molecule has 0 unspecified atom stereocenters. The second-order valence-electron chi connectivity index (χ2n) is 2.69. The normalized spacial score (nSPS) is 8.31. The molecule has 0 saturated heterocycles. The van der Waals surface area contributed by atoms with Gasteiger partial charge in [0.2, 0.25) is 11.8 Å². The Labute approximate surface area is 105 Å². The van der Waals surface area contributed by atoms with E-state index in [-0.39, 0.29) is 37.3 Å². The molecule has 0 aromatic heterocycles. The minimum atomic E-state index is -0.498. The summed E-state index contributed by atoms with van der Waals surface area (Å²) in [5, 5.41) is 2.54. The summed E-state index contributed by atoms with van der Waals surface area (Å²) >= 11 is 0. The van der Waals surface area contributed by atoms with Crippen molar-refractivity contribution in [1.29, 1.82) is 0 Å². The Hall–Kier alpha value is -1.30.